The van der Waals surface area contributed by atoms with Crippen LogP contribution in [0.2, 0.25) is 0 Å². The molecule has 36 heavy (non-hydrogen) atoms. The number of hydrogen-bond acceptors (Lipinski definition) is 9. The number of thioether (sulfide) groups is 1. The predicted molar refractivity (Wildman–Crippen MR) is 129 cm³/mol. The van der Waals surface area contributed by atoms with Gasteiger partial charge in [-0.2, -0.15) is 11.8 Å². The lowest BCUT2D eigenvalue weighted by Gasteiger charge is -2.24. The zero-order valence-corrected chi connectivity index (χ0v) is 20.5. The average Bonchev–Trinajstić information content (AvgIpc) is 2.77. The summed E-state index contributed by atoms with van der Waals surface area (Å²) < 4.78 is 0. The number of aliphatic carboxylic acids is 3. The third-order valence-corrected chi connectivity index (χ3v) is 5.20. The van der Waals surface area contributed by atoms with Gasteiger partial charge in [0.05, 0.1) is 18.9 Å². The van der Waals surface area contributed by atoms with Crippen LogP contribution in [-0.4, -0.2) is 99.6 Å². The van der Waals surface area contributed by atoms with Crippen molar-refractivity contribution < 1.29 is 44.1 Å². The molecule has 0 fully saturated rings. The van der Waals surface area contributed by atoms with Crippen LogP contribution in [0.25, 0.3) is 0 Å². The molecule has 12 N–H and O–H groups in total. The SMILES string of the molecule is CSCCC(NC(=O)C(CC(=O)O)NC(=O)C(N)CCCN=C(N)N)C(=O)NC(CC(=O)O)C(=O)O. The minimum absolute atomic E-state index is 0.0101. The maximum atomic E-state index is 12.8. The zero-order valence-electron chi connectivity index (χ0n) is 19.6. The second-order valence-electron chi connectivity index (χ2n) is 7.55. The molecule has 4 unspecified atom stereocenters. The zero-order chi connectivity index (χ0) is 27.8. The third kappa shape index (κ3) is 14.0. The molecule has 0 aromatic heterocycles. The van der Waals surface area contributed by atoms with Crippen molar-refractivity contribution in [2.75, 3.05) is 18.6 Å². The smallest absolute Gasteiger partial charge is 0.326 e. The van der Waals surface area contributed by atoms with Crippen molar-refractivity contribution in [3.63, 3.8) is 0 Å². The highest BCUT2D eigenvalue weighted by atomic mass is 32.2. The number of guanidine groups is 1. The minimum atomic E-state index is -1.75. The van der Waals surface area contributed by atoms with E-state index in [4.69, 9.17) is 32.5 Å². The Kier molecular flexibility index (Phi) is 15.2. The van der Waals surface area contributed by atoms with Crippen LogP contribution in [0, 0.1) is 0 Å². The maximum Gasteiger partial charge on any atom is 0.326 e. The summed E-state index contributed by atoms with van der Waals surface area (Å²) in [7, 11) is 0. The van der Waals surface area contributed by atoms with Crippen LogP contribution in [0.1, 0.15) is 32.1 Å². The fraction of sp³-hybridized carbons (Fsp3) is 0.632. The van der Waals surface area contributed by atoms with Crippen molar-refractivity contribution in [2.45, 2.75) is 56.3 Å². The fourth-order valence-electron chi connectivity index (χ4n) is 2.74. The van der Waals surface area contributed by atoms with Crippen molar-refractivity contribution in [1.82, 2.24) is 16.0 Å². The standard InChI is InChI=1S/C19H33N7O9S/c1-36-6-4-10(16(32)26-12(18(34)35)8-14(29)30)24-17(33)11(7-13(27)28)25-15(31)9(20)3-2-5-23-19(21)22/h9-12H,2-8,20H2,1H3,(H,24,33)(H,25,31)(H,26,32)(H,27,28)(H,29,30)(H,34,35)(H4,21,22,23). The fourth-order valence-corrected chi connectivity index (χ4v) is 3.21. The molecule has 17 heteroatoms. The maximum absolute atomic E-state index is 12.8. The summed E-state index contributed by atoms with van der Waals surface area (Å²) in [6, 6.07) is -5.79. The molecule has 0 aliphatic carbocycles. The van der Waals surface area contributed by atoms with Crippen LogP contribution in [-0.2, 0) is 28.8 Å². The molecule has 0 aromatic rings. The molecule has 4 atom stereocenters. The molecule has 0 saturated carbocycles. The van der Waals surface area contributed by atoms with Gasteiger partial charge in [0.1, 0.15) is 18.1 Å². The molecule has 0 rings (SSSR count). The lowest BCUT2D eigenvalue weighted by atomic mass is 10.1. The number of nitrogens with two attached hydrogens (primary N) is 3. The normalized spacial score (nSPS) is 13.8. The van der Waals surface area contributed by atoms with E-state index in [1.165, 1.54) is 11.8 Å². The van der Waals surface area contributed by atoms with E-state index in [9.17, 15) is 28.8 Å². The van der Waals surface area contributed by atoms with Crippen LogP contribution >= 0.6 is 11.8 Å². The molecule has 0 bridgehead atoms. The Morgan fingerprint density at radius 2 is 1.31 bits per heavy atom. The first-order chi connectivity index (χ1) is 16.8. The molecule has 0 heterocycles. The summed E-state index contributed by atoms with van der Waals surface area (Å²) in [4.78, 5) is 74.9. The molecule has 0 saturated heterocycles. The predicted octanol–water partition coefficient (Wildman–Crippen LogP) is -3.39. The van der Waals surface area contributed by atoms with Gasteiger partial charge < -0.3 is 48.5 Å². The van der Waals surface area contributed by atoms with Gasteiger partial charge in [-0.3, -0.25) is 29.0 Å². The van der Waals surface area contributed by atoms with E-state index in [-0.39, 0.29) is 25.3 Å². The van der Waals surface area contributed by atoms with Gasteiger partial charge in [-0.25, -0.2) is 4.79 Å². The van der Waals surface area contributed by atoms with E-state index in [0.717, 1.165) is 0 Å². The van der Waals surface area contributed by atoms with Gasteiger partial charge in [0, 0.05) is 6.54 Å². The number of aliphatic imine (C=N–C) groups is 1. The van der Waals surface area contributed by atoms with E-state index >= 15 is 0 Å². The Labute approximate surface area is 210 Å². The highest BCUT2D eigenvalue weighted by Crippen LogP contribution is 2.05. The Bertz CT molecular complexity index is 836. The molecule has 0 aliphatic rings. The first-order valence-electron chi connectivity index (χ1n) is 10.7. The highest BCUT2D eigenvalue weighted by molar-refractivity contribution is 7.98. The first-order valence-corrected chi connectivity index (χ1v) is 12.0. The summed E-state index contributed by atoms with van der Waals surface area (Å²) in [6.07, 6.45) is 0.456. The minimum Gasteiger partial charge on any atom is -0.481 e. The number of amides is 3. The van der Waals surface area contributed by atoms with Gasteiger partial charge in [0.25, 0.3) is 0 Å². The summed E-state index contributed by atoms with van der Waals surface area (Å²) in [5.41, 5.74) is 16.2. The van der Waals surface area contributed by atoms with Gasteiger partial charge in [-0.15, -0.1) is 0 Å². The van der Waals surface area contributed by atoms with Gasteiger partial charge in [-0.1, -0.05) is 0 Å². The van der Waals surface area contributed by atoms with Crippen molar-refractivity contribution in [1.29, 1.82) is 0 Å². The van der Waals surface area contributed by atoms with E-state index in [2.05, 4.69) is 15.6 Å². The number of nitrogens with zero attached hydrogens (tertiary/aromatic N) is 1. The van der Waals surface area contributed by atoms with E-state index < -0.39 is 72.6 Å². The molecule has 0 aromatic carbocycles. The van der Waals surface area contributed by atoms with E-state index in [0.29, 0.717) is 12.2 Å². The van der Waals surface area contributed by atoms with Crippen LogP contribution < -0.4 is 33.2 Å². The summed E-state index contributed by atoms with van der Waals surface area (Å²) in [5.74, 6) is -7.10. The number of rotatable bonds is 18. The molecular formula is C19H33N7O9S. The molecule has 204 valence electrons. The molecule has 0 radical (unpaired) electrons. The number of carbonyl (C=O) groups is 6. The first kappa shape index (κ1) is 32.4. The van der Waals surface area contributed by atoms with E-state index in [1.54, 1.807) is 6.26 Å². The Morgan fingerprint density at radius 1 is 0.806 bits per heavy atom. The van der Waals surface area contributed by atoms with Crippen LogP contribution in [0.5, 0.6) is 0 Å². The van der Waals surface area contributed by atoms with Gasteiger partial charge in [0.2, 0.25) is 17.7 Å². The largest absolute Gasteiger partial charge is 0.481 e. The summed E-state index contributed by atoms with van der Waals surface area (Å²) >= 11 is 1.31. The molecule has 0 spiro atoms. The van der Waals surface area contributed by atoms with Crippen molar-refractivity contribution in [2.24, 2.45) is 22.2 Å². The Hall–Kier alpha value is -3.60. The lowest BCUT2D eigenvalue weighted by molar-refractivity contribution is -0.147. The van der Waals surface area contributed by atoms with Gasteiger partial charge >= 0.3 is 17.9 Å². The Morgan fingerprint density at radius 3 is 1.81 bits per heavy atom. The van der Waals surface area contributed by atoms with Crippen LogP contribution in [0.4, 0.5) is 0 Å². The molecule has 0 aliphatic heterocycles. The van der Waals surface area contributed by atoms with Crippen LogP contribution in [0.3, 0.4) is 0 Å². The summed E-state index contributed by atoms with van der Waals surface area (Å²) in [5, 5.41) is 33.7. The van der Waals surface area contributed by atoms with Crippen molar-refractivity contribution in [3.05, 3.63) is 0 Å². The number of nitrogens with one attached hydrogen (secondary N) is 3. The average molecular weight is 536 g/mol. The van der Waals surface area contributed by atoms with Crippen molar-refractivity contribution >= 4 is 53.4 Å². The van der Waals surface area contributed by atoms with Gasteiger partial charge in [-0.05, 0) is 31.3 Å². The Balaban J connectivity index is 5.40. The lowest BCUT2D eigenvalue weighted by Crippen LogP contribution is -2.57. The number of carboxylic acids is 3. The number of carboxylic acid groups (broad SMARTS) is 3. The third-order valence-electron chi connectivity index (χ3n) is 4.55. The second-order valence-corrected chi connectivity index (χ2v) is 8.54. The van der Waals surface area contributed by atoms with Crippen LogP contribution in [0.15, 0.2) is 4.99 Å². The monoisotopic (exact) mass is 535 g/mol. The quantitative estimate of drug-likeness (QED) is 0.0470. The molecular weight excluding hydrogens is 502 g/mol. The van der Waals surface area contributed by atoms with Gasteiger partial charge in [0.15, 0.2) is 5.96 Å². The topological polar surface area (TPSA) is 290 Å². The number of carbonyl (C=O) groups excluding carboxylic acids is 3. The van der Waals surface area contributed by atoms with E-state index in [1.807, 2.05) is 5.32 Å². The summed E-state index contributed by atoms with van der Waals surface area (Å²) in [6.45, 7) is 0.202. The second kappa shape index (κ2) is 16.9. The van der Waals surface area contributed by atoms with Crippen molar-refractivity contribution in [3.8, 4) is 0 Å². The molecule has 3 amide bonds. The number of hydrogen-bond donors (Lipinski definition) is 9. The molecule has 16 nitrogen and oxygen atoms in total. The highest BCUT2D eigenvalue weighted by Gasteiger charge is 2.31.